The van der Waals surface area contributed by atoms with Crippen molar-refractivity contribution in [3.05, 3.63) is 0 Å². The molecule has 3 saturated heterocycles. The van der Waals surface area contributed by atoms with Gasteiger partial charge in [0, 0.05) is 19.0 Å². The first-order valence-electron chi connectivity index (χ1n) is 6.89. The molecule has 3 aliphatic heterocycles. The Morgan fingerprint density at radius 2 is 2.22 bits per heavy atom. The van der Waals surface area contributed by atoms with Crippen LogP contribution in [0.1, 0.15) is 26.2 Å². The summed E-state index contributed by atoms with van der Waals surface area (Å²) in [5, 5.41) is 6.89. The van der Waals surface area contributed by atoms with E-state index in [1.54, 1.807) is 0 Å². The van der Waals surface area contributed by atoms with E-state index >= 15 is 0 Å². The minimum atomic E-state index is 0.267. The number of ether oxygens (including phenoxy) is 2. The van der Waals surface area contributed by atoms with Crippen molar-refractivity contribution in [3.8, 4) is 0 Å². The summed E-state index contributed by atoms with van der Waals surface area (Å²) in [6.07, 6.45) is 4.39. The lowest BCUT2D eigenvalue weighted by Gasteiger charge is -2.38. The maximum atomic E-state index is 5.84. The van der Waals surface area contributed by atoms with Crippen molar-refractivity contribution in [1.29, 1.82) is 0 Å². The molecule has 0 aromatic carbocycles. The van der Waals surface area contributed by atoms with E-state index in [2.05, 4.69) is 22.5 Å². The Kier molecular flexibility index (Phi) is 3.20. The first-order valence-corrected chi connectivity index (χ1v) is 6.89. The topological polar surface area (TPSA) is 54.9 Å². The number of nitrogens with one attached hydrogen (secondary N) is 2. The van der Waals surface area contributed by atoms with Crippen LogP contribution in [0.4, 0.5) is 0 Å². The third kappa shape index (κ3) is 2.34. The molecule has 3 rings (SSSR count). The van der Waals surface area contributed by atoms with Crippen LogP contribution in [0.5, 0.6) is 0 Å². The lowest BCUT2D eigenvalue weighted by Crippen LogP contribution is -2.53. The van der Waals surface area contributed by atoms with Gasteiger partial charge in [0.05, 0.1) is 31.5 Å². The predicted octanol–water partition coefficient (Wildman–Crippen LogP) is 0.508. The molecule has 3 aliphatic rings. The summed E-state index contributed by atoms with van der Waals surface area (Å²) >= 11 is 0. The summed E-state index contributed by atoms with van der Waals surface area (Å²) in [7, 11) is 1.82. The van der Waals surface area contributed by atoms with Crippen LogP contribution >= 0.6 is 0 Å². The summed E-state index contributed by atoms with van der Waals surface area (Å²) in [6, 6.07) is 0.431. The standard InChI is InChI=1S/C13H23N3O2/c1-13(7-17-8-13)6-15-12(14-2)16-10-5-9-3-4-11(10)18-9/h9-11H,3-8H2,1-2H3,(H2,14,15,16). The number of nitrogens with zero attached hydrogens (tertiary/aromatic N) is 1. The number of fused-ring (bicyclic) bond motifs is 2. The molecule has 0 aromatic rings. The minimum Gasteiger partial charge on any atom is -0.380 e. The fraction of sp³-hybridized carbons (Fsp3) is 0.923. The molecular weight excluding hydrogens is 230 g/mol. The van der Waals surface area contributed by atoms with E-state index in [1.165, 1.54) is 12.8 Å². The Hall–Kier alpha value is -0.810. The van der Waals surface area contributed by atoms with E-state index in [0.717, 1.165) is 32.1 Å². The molecule has 18 heavy (non-hydrogen) atoms. The van der Waals surface area contributed by atoms with E-state index in [4.69, 9.17) is 9.47 Å². The van der Waals surface area contributed by atoms with E-state index in [9.17, 15) is 0 Å². The Labute approximate surface area is 108 Å². The van der Waals surface area contributed by atoms with Crippen molar-refractivity contribution in [2.45, 2.75) is 44.4 Å². The lowest BCUT2D eigenvalue weighted by molar-refractivity contribution is -0.0971. The molecule has 2 bridgehead atoms. The van der Waals surface area contributed by atoms with Crippen LogP contribution < -0.4 is 10.6 Å². The molecule has 5 nitrogen and oxygen atoms in total. The van der Waals surface area contributed by atoms with Crippen LogP contribution in [0.2, 0.25) is 0 Å². The molecule has 102 valence electrons. The van der Waals surface area contributed by atoms with Gasteiger partial charge in [0.15, 0.2) is 5.96 Å². The van der Waals surface area contributed by atoms with E-state index in [1.807, 2.05) is 7.05 Å². The van der Waals surface area contributed by atoms with E-state index in [-0.39, 0.29) is 5.41 Å². The number of aliphatic imine (C=N–C) groups is 1. The average Bonchev–Trinajstić information content (AvgIpc) is 2.94. The summed E-state index contributed by atoms with van der Waals surface area (Å²) in [6.45, 7) is 4.83. The normalized spacial score (nSPS) is 37.4. The van der Waals surface area contributed by atoms with Gasteiger partial charge >= 0.3 is 0 Å². The van der Waals surface area contributed by atoms with Gasteiger partial charge in [-0.3, -0.25) is 4.99 Å². The van der Waals surface area contributed by atoms with Crippen molar-refractivity contribution < 1.29 is 9.47 Å². The van der Waals surface area contributed by atoms with Crippen molar-refractivity contribution in [2.75, 3.05) is 26.8 Å². The van der Waals surface area contributed by atoms with Crippen LogP contribution in [0.15, 0.2) is 4.99 Å². The summed E-state index contributed by atoms with van der Waals surface area (Å²) in [5.74, 6) is 0.893. The zero-order valence-corrected chi connectivity index (χ0v) is 11.2. The number of hydrogen-bond donors (Lipinski definition) is 2. The van der Waals surface area contributed by atoms with Gasteiger partial charge in [0.2, 0.25) is 0 Å². The molecule has 3 atom stereocenters. The first-order chi connectivity index (χ1) is 8.68. The largest absolute Gasteiger partial charge is 0.380 e. The highest BCUT2D eigenvalue weighted by Gasteiger charge is 2.41. The summed E-state index contributed by atoms with van der Waals surface area (Å²) in [4.78, 5) is 4.29. The van der Waals surface area contributed by atoms with Crippen LogP contribution in [0.25, 0.3) is 0 Å². The van der Waals surface area contributed by atoms with Crippen molar-refractivity contribution in [1.82, 2.24) is 10.6 Å². The molecule has 0 aliphatic carbocycles. The second-order valence-corrected chi connectivity index (χ2v) is 6.09. The highest BCUT2D eigenvalue weighted by molar-refractivity contribution is 5.80. The molecule has 0 amide bonds. The summed E-state index contributed by atoms with van der Waals surface area (Å²) in [5.41, 5.74) is 0.267. The predicted molar refractivity (Wildman–Crippen MR) is 69.7 cm³/mol. The Morgan fingerprint density at radius 1 is 1.39 bits per heavy atom. The zero-order chi connectivity index (χ0) is 12.6. The lowest BCUT2D eigenvalue weighted by atomic mass is 9.89. The van der Waals surface area contributed by atoms with Gasteiger partial charge in [0.25, 0.3) is 0 Å². The minimum absolute atomic E-state index is 0.267. The monoisotopic (exact) mass is 253 g/mol. The van der Waals surface area contributed by atoms with Crippen molar-refractivity contribution in [3.63, 3.8) is 0 Å². The molecule has 5 heteroatoms. The molecule has 3 heterocycles. The Bertz CT molecular complexity index is 341. The highest BCUT2D eigenvalue weighted by atomic mass is 16.5. The van der Waals surface area contributed by atoms with Gasteiger partial charge in [-0.15, -0.1) is 0 Å². The van der Waals surface area contributed by atoms with Crippen molar-refractivity contribution >= 4 is 5.96 Å². The van der Waals surface area contributed by atoms with E-state index < -0.39 is 0 Å². The van der Waals surface area contributed by atoms with Gasteiger partial charge in [-0.25, -0.2) is 0 Å². The molecule has 3 fully saturated rings. The Balaban J connectivity index is 1.48. The third-order valence-corrected chi connectivity index (χ3v) is 4.24. The Morgan fingerprint density at radius 3 is 2.72 bits per heavy atom. The zero-order valence-electron chi connectivity index (χ0n) is 11.2. The SMILES string of the molecule is CN=C(NCC1(C)COC1)NC1CC2CCC1O2. The highest BCUT2D eigenvalue weighted by Crippen LogP contribution is 2.34. The average molecular weight is 253 g/mol. The molecule has 0 radical (unpaired) electrons. The number of guanidine groups is 1. The molecule has 0 saturated carbocycles. The quantitative estimate of drug-likeness (QED) is 0.568. The molecule has 0 aromatic heterocycles. The number of rotatable bonds is 3. The maximum absolute atomic E-state index is 5.84. The van der Waals surface area contributed by atoms with Gasteiger partial charge in [-0.05, 0) is 19.3 Å². The van der Waals surface area contributed by atoms with Crippen molar-refractivity contribution in [2.24, 2.45) is 10.4 Å². The van der Waals surface area contributed by atoms with Crippen LogP contribution in [-0.2, 0) is 9.47 Å². The van der Waals surface area contributed by atoms with Gasteiger partial charge < -0.3 is 20.1 Å². The summed E-state index contributed by atoms with van der Waals surface area (Å²) < 4.78 is 11.1. The molecular formula is C13H23N3O2. The second kappa shape index (κ2) is 4.70. The molecule has 2 N–H and O–H groups in total. The first kappa shape index (κ1) is 12.2. The third-order valence-electron chi connectivity index (χ3n) is 4.24. The second-order valence-electron chi connectivity index (χ2n) is 6.09. The van der Waals surface area contributed by atoms with Gasteiger partial charge in [-0.2, -0.15) is 0 Å². The van der Waals surface area contributed by atoms with Gasteiger partial charge in [-0.1, -0.05) is 6.92 Å². The fourth-order valence-electron chi connectivity index (χ4n) is 3.01. The molecule has 0 spiro atoms. The van der Waals surface area contributed by atoms with E-state index in [0.29, 0.717) is 18.2 Å². The number of hydrogen-bond acceptors (Lipinski definition) is 3. The van der Waals surface area contributed by atoms with Crippen LogP contribution in [0, 0.1) is 5.41 Å². The van der Waals surface area contributed by atoms with Gasteiger partial charge in [0.1, 0.15) is 0 Å². The molecule has 3 unspecified atom stereocenters. The maximum Gasteiger partial charge on any atom is 0.191 e. The van der Waals surface area contributed by atoms with Crippen LogP contribution in [-0.4, -0.2) is 51.0 Å². The smallest absolute Gasteiger partial charge is 0.191 e. The fourth-order valence-corrected chi connectivity index (χ4v) is 3.01. The van der Waals surface area contributed by atoms with Crippen LogP contribution in [0.3, 0.4) is 0 Å².